The lowest BCUT2D eigenvalue weighted by atomic mass is 10.3. The number of halogens is 2. The normalized spacial score (nSPS) is 10.4. The molecule has 0 unspecified atom stereocenters. The van der Waals surface area contributed by atoms with Gasteiger partial charge in [-0.05, 0) is 18.2 Å². The molecular formula is C10H9BrClN3O. The highest BCUT2D eigenvalue weighted by Crippen LogP contribution is 2.32. The first-order valence-electron chi connectivity index (χ1n) is 4.48. The Balaban J connectivity index is 2.30. The van der Waals surface area contributed by atoms with Crippen LogP contribution in [0.3, 0.4) is 0 Å². The molecule has 0 aliphatic carbocycles. The fourth-order valence-corrected chi connectivity index (χ4v) is 1.94. The highest BCUT2D eigenvalue weighted by molar-refractivity contribution is 9.10. The summed E-state index contributed by atoms with van der Waals surface area (Å²) < 4.78 is 7.97. The largest absolute Gasteiger partial charge is 0.434 e. The van der Waals surface area contributed by atoms with Crippen LogP contribution in [-0.2, 0) is 7.05 Å². The van der Waals surface area contributed by atoms with E-state index in [4.69, 9.17) is 22.1 Å². The van der Waals surface area contributed by atoms with E-state index in [9.17, 15) is 0 Å². The number of hydrogen-bond acceptors (Lipinski definition) is 3. The summed E-state index contributed by atoms with van der Waals surface area (Å²) in [5.74, 6) is 0.877. The monoisotopic (exact) mass is 301 g/mol. The van der Waals surface area contributed by atoms with E-state index in [2.05, 4.69) is 21.0 Å². The van der Waals surface area contributed by atoms with Gasteiger partial charge >= 0.3 is 0 Å². The fraction of sp³-hybridized carbons (Fsp3) is 0.100. The zero-order chi connectivity index (χ0) is 11.7. The van der Waals surface area contributed by atoms with Crippen LogP contribution in [0.5, 0.6) is 11.6 Å². The average Bonchev–Trinajstić information content (AvgIpc) is 2.50. The molecule has 0 atom stereocenters. The highest BCUT2D eigenvalue weighted by atomic mass is 79.9. The van der Waals surface area contributed by atoms with Crippen molar-refractivity contribution in [3.8, 4) is 11.6 Å². The zero-order valence-corrected chi connectivity index (χ0v) is 10.8. The first-order valence-corrected chi connectivity index (χ1v) is 5.65. The second kappa shape index (κ2) is 4.35. The van der Waals surface area contributed by atoms with Crippen LogP contribution in [0.4, 0.5) is 5.69 Å². The van der Waals surface area contributed by atoms with Crippen LogP contribution in [0.25, 0.3) is 0 Å². The molecule has 2 aromatic rings. The van der Waals surface area contributed by atoms with E-state index in [0.717, 1.165) is 4.47 Å². The molecular weight excluding hydrogens is 293 g/mol. The maximum Gasteiger partial charge on any atom is 0.261 e. The molecule has 0 amide bonds. The second-order valence-corrected chi connectivity index (χ2v) is 4.56. The molecule has 84 valence electrons. The van der Waals surface area contributed by atoms with E-state index in [1.807, 2.05) is 6.07 Å². The Hall–Kier alpha value is -1.20. The first kappa shape index (κ1) is 11.3. The smallest absolute Gasteiger partial charge is 0.261 e. The molecule has 1 aromatic heterocycles. The van der Waals surface area contributed by atoms with Gasteiger partial charge in [-0.15, -0.1) is 5.10 Å². The first-order chi connectivity index (χ1) is 7.56. The molecule has 4 nitrogen and oxygen atoms in total. The van der Waals surface area contributed by atoms with Crippen LogP contribution >= 0.6 is 27.5 Å². The minimum Gasteiger partial charge on any atom is -0.434 e. The molecule has 2 rings (SSSR count). The number of aryl methyl sites for hydroxylation is 1. The van der Waals surface area contributed by atoms with Crippen molar-refractivity contribution in [2.24, 2.45) is 7.05 Å². The predicted molar refractivity (Wildman–Crippen MR) is 66.8 cm³/mol. The van der Waals surface area contributed by atoms with Gasteiger partial charge in [0.1, 0.15) is 11.4 Å². The number of nitrogens with two attached hydrogens (primary N) is 1. The summed E-state index contributed by atoms with van der Waals surface area (Å²) >= 11 is 9.32. The van der Waals surface area contributed by atoms with E-state index in [1.165, 1.54) is 0 Å². The number of ether oxygens (including phenoxy) is 1. The van der Waals surface area contributed by atoms with E-state index < -0.39 is 0 Å². The van der Waals surface area contributed by atoms with E-state index in [-0.39, 0.29) is 0 Å². The Morgan fingerprint density at radius 1 is 1.50 bits per heavy atom. The van der Waals surface area contributed by atoms with Gasteiger partial charge in [0.25, 0.3) is 5.88 Å². The minimum atomic E-state index is 0.353. The molecule has 0 saturated carbocycles. The topological polar surface area (TPSA) is 53.1 Å². The van der Waals surface area contributed by atoms with Gasteiger partial charge in [-0.1, -0.05) is 27.5 Å². The fourth-order valence-electron chi connectivity index (χ4n) is 1.23. The number of aromatic nitrogens is 2. The third-order valence-electron chi connectivity index (χ3n) is 1.92. The molecule has 16 heavy (non-hydrogen) atoms. The Kier molecular flexibility index (Phi) is 3.07. The summed E-state index contributed by atoms with van der Waals surface area (Å²) in [6.07, 6.45) is 1.67. The van der Waals surface area contributed by atoms with Crippen molar-refractivity contribution in [2.45, 2.75) is 0 Å². The van der Waals surface area contributed by atoms with Crippen LogP contribution in [0, 0.1) is 0 Å². The van der Waals surface area contributed by atoms with Gasteiger partial charge in [-0.3, -0.25) is 4.68 Å². The SMILES string of the molecule is Cn1cc(N)c(Oc2ccc(Br)cc2Cl)n1. The number of hydrogen-bond donors (Lipinski definition) is 1. The minimum absolute atomic E-state index is 0.353. The molecule has 1 heterocycles. The van der Waals surface area contributed by atoms with Gasteiger partial charge in [0.05, 0.1) is 11.2 Å². The lowest BCUT2D eigenvalue weighted by Crippen LogP contribution is -1.91. The van der Waals surface area contributed by atoms with Gasteiger partial charge < -0.3 is 10.5 Å². The van der Waals surface area contributed by atoms with E-state index >= 15 is 0 Å². The summed E-state index contributed by atoms with van der Waals surface area (Å²) in [5, 5.41) is 4.57. The Bertz CT molecular complexity index is 527. The van der Waals surface area contributed by atoms with Crippen LogP contribution in [0.2, 0.25) is 5.02 Å². The number of anilines is 1. The number of nitrogen functional groups attached to an aromatic ring is 1. The molecule has 6 heteroatoms. The molecule has 0 saturated heterocycles. The molecule has 1 aromatic carbocycles. The van der Waals surface area contributed by atoms with Crippen molar-refractivity contribution < 1.29 is 4.74 Å². The van der Waals surface area contributed by atoms with Crippen LogP contribution in [0.15, 0.2) is 28.9 Å². The summed E-state index contributed by atoms with van der Waals surface area (Å²) in [6, 6.07) is 5.33. The van der Waals surface area contributed by atoms with Crippen molar-refractivity contribution >= 4 is 33.2 Å². The standard InChI is InChI=1S/C10H9BrClN3O/c1-15-5-8(13)10(14-15)16-9-3-2-6(11)4-7(9)12/h2-5H,13H2,1H3. The Labute approximate surface area is 106 Å². The van der Waals surface area contributed by atoms with Gasteiger partial charge in [0.15, 0.2) is 0 Å². The number of nitrogens with zero attached hydrogens (tertiary/aromatic N) is 2. The summed E-state index contributed by atoms with van der Waals surface area (Å²) in [7, 11) is 1.77. The van der Waals surface area contributed by atoms with Gasteiger partial charge in [-0.25, -0.2) is 0 Å². The van der Waals surface area contributed by atoms with Crippen molar-refractivity contribution in [2.75, 3.05) is 5.73 Å². The van der Waals surface area contributed by atoms with Crippen molar-refractivity contribution in [1.82, 2.24) is 9.78 Å². The third kappa shape index (κ3) is 2.31. The van der Waals surface area contributed by atoms with E-state index in [0.29, 0.717) is 22.3 Å². The molecule has 0 aliphatic rings. The Morgan fingerprint density at radius 2 is 2.25 bits per heavy atom. The maximum atomic E-state index is 6.01. The van der Waals surface area contributed by atoms with Crippen LogP contribution in [0.1, 0.15) is 0 Å². The van der Waals surface area contributed by atoms with Crippen molar-refractivity contribution in [3.63, 3.8) is 0 Å². The van der Waals surface area contributed by atoms with Crippen LogP contribution < -0.4 is 10.5 Å². The summed E-state index contributed by atoms with van der Waals surface area (Å²) in [4.78, 5) is 0. The van der Waals surface area contributed by atoms with Crippen molar-refractivity contribution in [3.05, 3.63) is 33.9 Å². The molecule has 0 spiro atoms. The average molecular weight is 303 g/mol. The molecule has 2 N–H and O–H groups in total. The molecule has 0 bridgehead atoms. The second-order valence-electron chi connectivity index (χ2n) is 3.24. The lowest BCUT2D eigenvalue weighted by molar-refractivity contribution is 0.456. The number of rotatable bonds is 2. The Morgan fingerprint density at radius 3 is 2.81 bits per heavy atom. The summed E-state index contributed by atoms with van der Waals surface area (Å²) in [5.41, 5.74) is 6.18. The lowest BCUT2D eigenvalue weighted by Gasteiger charge is -2.05. The van der Waals surface area contributed by atoms with Gasteiger partial charge in [0, 0.05) is 11.5 Å². The van der Waals surface area contributed by atoms with E-state index in [1.54, 1.807) is 30.1 Å². The third-order valence-corrected chi connectivity index (χ3v) is 2.71. The quantitative estimate of drug-likeness (QED) is 0.927. The molecule has 0 radical (unpaired) electrons. The zero-order valence-electron chi connectivity index (χ0n) is 8.45. The van der Waals surface area contributed by atoms with Gasteiger partial charge in [0.2, 0.25) is 0 Å². The summed E-state index contributed by atoms with van der Waals surface area (Å²) in [6.45, 7) is 0. The predicted octanol–water partition coefficient (Wildman–Crippen LogP) is 3.21. The van der Waals surface area contributed by atoms with Crippen molar-refractivity contribution in [1.29, 1.82) is 0 Å². The molecule has 0 fully saturated rings. The highest BCUT2D eigenvalue weighted by Gasteiger charge is 2.09. The van der Waals surface area contributed by atoms with Gasteiger partial charge in [-0.2, -0.15) is 0 Å². The number of benzene rings is 1. The molecule has 0 aliphatic heterocycles. The maximum absolute atomic E-state index is 6.01. The van der Waals surface area contributed by atoms with Crippen LogP contribution in [-0.4, -0.2) is 9.78 Å².